The molecule has 21 heavy (non-hydrogen) atoms. The van der Waals surface area contributed by atoms with Crippen LogP contribution in [0.3, 0.4) is 0 Å². The average Bonchev–Trinajstić information content (AvgIpc) is 2.87. The third kappa shape index (κ3) is 2.80. The summed E-state index contributed by atoms with van der Waals surface area (Å²) < 4.78 is 30.3. The summed E-state index contributed by atoms with van der Waals surface area (Å²) in [5, 5.41) is 9.55. The van der Waals surface area contributed by atoms with Gasteiger partial charge in [-0.3, -0.25) is 4.79 Å². The second-order valence-electron chi connectivity index (χ2n) is 5.54. The number of fused-ring (bicyclic) bond motifs is 1. The first-order valence-corrected chi connectivity index (χ1v) is 7.06. The first kappa shape index (κ1) is 14.5. The van der Waals surface area contributed by atoms with Crippen LogP contribution in [0, 0.1) is 5.92 Å². The number of carbonyl (C=O) groups excluding carboxylic acids is 1. The average molecular weight is 295 g/mol. The standard InChI is InChI=1S/C14H16BF2NO3/c16-13(17)9-3-5-18(6-4-9)14(19)10-1-2-12-11(7-10)8-21-15(12)20/h1-2,7,9,13,20H,3-6,8H2. The van der Waals surface area contributed by atoms with Gasteiger partial charge in [-0.2, -0.15) is 0 Å². The smallest absolute Gasteiger partial charge is 0.423 e. The normalized spacial score (nSPS) is 19.2. The largest absolute Gasteiger partial charge is 0.491 e. The molecule has 2 aliphatic rings. The van der Waals surface area contributed by atoms with Gasteiger partial charge >= 0.3 is 7.12 Å². The summed E-state index contributed by atoms with van der Waals surface area (Å²) in [4.78, 5) is 14.0. The van der Waals surface area contributed by atoms with E-state index in [0.717, 1.165) is 5.56 Å². The maximum Gasteiger partial charge on any atom is 0.491 e. The van der Waals surface area contributed by atoms with Crippen molar-refractivity contribution >= 4 is 18.5 Å². The Morgan fingerprint density at radius 1 is 1.38 bits per heavy atom. The lowest BCUT2D eigenvalue weighted by atomic mass is 9.79. The van der Waals surface area contributed by atoms with E-state index >= 15 is 0 Å². The fourth-order valence-electron chi connectivity index (χ4n) is 2.90. The van der Waals surface area contributed by atoms with Gasteiger partial charge in [-0.25, -0.2) is 8.78 Å². The number of piperidine rings is 1. The molecule has 0 spiro atoms. The molecule has 112 valence electrons. The van der Waals surface area contributed by atoms with E-state index in [1.165, 1.54) is 0 Å². The van der Waals surface area contributed by atoms with Gasteiger partial charge in [0.25, 0.3) is 5.91 Å². The third-order valence-corrected chi connectivity index (χ3v) is 4.24. The summed E-state index contributed by atoms with van der Waals surface area (Å²) >= 11 is 0. The number of benzene rings is 1. The summed E-state index contributed by atoms with van der Waals surface area (Å²) in [5.41, 5.74) is 2.00. The molecule has 2 heterocycles. The number of alkyl halides is 2. The Bertz CT molecular complexity index is 547. The van der Waals surface area contributed by atoms with Gasteiger partial charge in [-0.15, -0.1) is 0 Å². The predicted molar refractivity (Wildman–Crippen MR) is 73.5 cm³/mol. The van der Waals surface area contributed by atoms with E-state index in [2.05, 4.69) is 0 Å². The van der Waals surface area contributed by atoms with Crippen LogP contribution in [-0.4, -0.2) is 42.5 Å². The maximum atomic E-state index is 12.6. The van der Waals surface area contributed by atoms with Crippen LogP contribution >= 0.6 is 0 Å². The highest BCUT2D eigenvalue weighted by molar-refractivity contribution is 6.61. The molecule has 0 aromatic heterocycles. The molecule has 0 saturated carbocycles. The van der Waals surface area contributed by atoms with Crippen LogP contribution in [0.5, 0.6) is 0 Å². The lowest BCUT2D eigenvalue weighted by Gasteiger charge is -2.31. The van der Waals surface area contributed by atoms with Crippen LogP contribution < -0.4 is 5.46 Å². The van der Waals surface area contributed by atoms with Crippen molar-refractivity contribution in [2.24, 2.45) is 5.92 Å². The highest BCUT2D eigenvalue weighted by Gasteiger charge is 2.31. The summed E-state index contributed by atoms with van der Waals surface area (Å²) in [6.07, 6.45) is -1.62. The fourth-order valence-corrected chi connectivity index (χ4v) is 2.90. The number of halogens is 2. The Hall–Kier alpha value is -1.47. The molecule has 0 radical (unpaired) electrons. The minimum atomic E-state index is -2.30. The van der Waals surface area contributed by atoms with Crippen molar-refractivity contribution in [1.29, 1.82) is 0 Å². The molecule has 1 aromatic rings. The van der Waals surface area contributed by atoms with E-state index in [1.54, 1.807) is 23.1 Å². The van der Waals surface area contributed by atoms with Crippen molar-refractivity contribution in [2.45, 2.75) is 25.9 Å². The number of rotatable bonds is 2. The Morgan fingerprint density at radius 2 is 2.10 bits per heavy atom. The van der Waals surface area contributed by atoms with Crippen LogP contribution in [0.2, 0.25) is 0 Å². The molecule has 3 rings (SSSR count). The van der Waals surface area contributed by atoms with E-state index < -0.39 is 19.5 Å². The Balaban J connectivity index is 1.69. The van der Waals surface area contributed by atoms with Crippen molar-refractivity contribution < 1.29 is 23.3 Å². The van der Waals surface area contributed by atoms with Gasteiger partial charge in [0.05, 0.1) is 6.61 Å². The summed E-state index contributed by atoms with van der Waals surface area (Å²) in [7, 11) is -0.925. The molecule has 0 unspecified atom stereocenters. The first-order chi connectivity index (χ1) is 10.1. The van der Waals surface area contributed by atoms with Crippen LogP contribution in [0.1, 0.15) is 28.8 Å². The molecular weight excluding hydrogens is 279 g/mol. The van der Waals surface area contributed by atoms with Gasteiger partial charge in [0.2, 0.25) is 6.43 Å². The van der Waals surface area contributed by atoms with Crippen LogP contribution in [0.25, 0.3) is 0 Å². The molecule has 1 saturated heterocycles. The van der Waals surface area contributed by atoms with Gasteiger partial charge in [-0.05, 0) is 36.0 Å². The topological polar surface area (TPSA) is 49.8 Å². The zero-order valence-corrected chi connectivity index (χ0v) is 11.5. The third-order valence-electron chi connectivity index (χ3n) is 4.24. The van der Waals surface area contributed by atoms with Gasteiger partial charge in [0, 0.05) is 24.6 Å². The number of carbonyl (C=O) groups is 1. The Morgan fingerprint density at radius 3 is 2.76 bits per heavy atom. The number of hydrogen-bond donors (Lipinski definition) is 1. The highest BCUT2D eigenvalue weighted by Crippen LogP contribution is 2.24. The minimum Gasteiger partial charge on any atom is -0.423 e. The van der Waals surface area contributed by atoms with Crippen molar-refractivity contribution in [1.82, 2.24) is 4.90 Å². The lowest BCUT2D eigenvalue weighted by Crippen LogP contribution is -2.40. The van der Waals surface area contributed by atoms with E-state index in [0.29, 0.717) is 37.0 Å². The van der Waals surface area contributed by atoms with Crippen LogP contribution in [-0.2, 0) is 11.3 Å². The van der Waals surface area contributed by atoms with E-state index in [1.807, 2.05) is 0 Å². The molecule has 2 aliphatic heterocycles. The Kier molecular flexibility index (Phi) is 3.95. The van der Waals surface area contributed by atoms with Gasteiger partial charge in [0.1, 0.15) is 0 Å². The molecule has 0 aliphatic carbocycles. The summed E-state index contributed by atoms with van der Waals surface area (Å²) in [6.45, 7) is 1.01. The molecule has 0 atom stereocenters. The predicted octanol–water partition coefficient (Wildman–Crippen LogP) is 1.02. The van der Waals surface area contributed by atoms with Gasteiger partial charge < -0.3 is 14.6 Å². The lowest BCUT2D eigenvalue weighted by molar-refractivity contribution is 0.0311. The van der Waals surface area contributed by atoms with E-state index in [4.69, 9.17) is 4.65 Å². The molecule has 0 bridgehead atoms. The number of likely N-dealkylation sites (tertiary alicyclic amines) is 1. The minimum absolute atomic E-state index is 0.146. The Labute approximate surface area is 121 Å². The van der Waals surface area contributed by atoms with Crippen molar-refractivity contribution in [3.63, 3.8) is 0 Å². The van der Waals surface area contributed by atoms with E-state index in [9.17, 15) is 18.6 Å². The quantitative estimate of drug-likeness (QED) is 0.829. The molecule has 4 nitrogen and oxygen atoms in total. The monoisotopic (exact) mass is 295 g/mol. The molecular formula is C14H16BF2NO3. The molecule has 7 heteroatoms. The summed E-state index contributed by atoms with van der Waals surface area (Å²) in [6, 6.07) is 5.05. The molecule has 1 fully saturated rings. The van der Waals surface area contributed by atoms with Crippen LogP contribution in [0.15, 0.2) is 18.2 Å². The number of hydrogen-bond acceptors (Lipinski definition) is 3. The molecule has 1 N–H and O–H groups in total. The van der Waals surface area contributed by atoms with E-state index in [-0.39, 0.29) is 12.5 Å². The second-order valence-corrected chi connectivity index (χ2v) is 5.54. The van der Waals surface area contributed by atoms with Crippen molar-refractivity contribution in [3.05, 3.63) is 29.3 Å². The summed E-state index contributed by atoms with van der Waals surface area (Å²) in [5.74, 6) is -0.746. The second kappa shape index (κ2) is 5.73. The number of nitrogens with zero attached hydrogens (tertiary/aromatic N) is 1. The highest BCUT2D eigenvalue weighted by atomic mass is 19.3. The van der Waals surface area contributed by atoms with Crippen LogP contribution in [0.4, 0.5) is 8.78 Å². The zero-order valence-electron chi connectivity index (χ0n) is 11.5. The molecule has 1 amide bonds. The first-order valence-electron chi connectivity index (χ1n) is 7.06. The van der Waals surface area contributed by atoms with Gasteiger partial charge in [0.15, 0.2) is 0 Å². The maximum absolute atomic E-state index is 12.6. The fraction of sp³-hybridized carbons (Fsp3) is 0.500. The van der Waals surface area contributed by atoms with Gasteiger partial charge in [-0.1, -0.05) is 6.07 Å². The van der Waals surface area contributed by atoms with Crippen molar-refractivity contribution in [3.8, 4) is 0 Å². The zero-order chi connectivity index (χ0) is 15.0. The molecule has 1 aromatic carbocycles. The number of amides is 1. The van der Waals surface area contributed by atoms with Crippen molar-refractivity contribution in [2.75, 3.05) is 13.1 Å². The SMILES string of the molecule is O=C(c1ccc2c(c1)COB2O)N1CCC(C(F)F)CC1.